The summed E-state index contributed by atoms with van der Waals surface area (Å²) in [5, 5.41) is 20.1. The van der Waals surface area contributed by atoms with E-state index in [1.807, 2.05) is 38.1 Å². The molecular formula is C21H21N7O3. The van der Waals surface area contributed by atoms with Crippen molar-refractivity contribution in [3.8, 4) is 17.3 Å². The third-order valence-electron chi connectivity index (χ3n) is 5.33. The summed E-state index contributed by atoms with van der Waals surface area (Å²) >= 11 is 0. The minimum absolute atomic E-state index is 0.0892. The number of amides is 1. The highest BCUT2D eigenvalue weighted by Crippen LogP contribution is 2.40. The first kappa shape index (κ1) is 19.0. The molecule has 1 aromatic carbocycles. The topological polar surface area (TPSA) is 108 Å². The minimum atomic E-state index is -0.164. The number of hydrogen-bond donors (Lipinski definition) is 1. The summed E-state index contributed by atoms with van der Waals surface area (Å²) in [6, 6.07) is 9.36. The molecule has 0 fully saturated rings. The first-order valence-corrected chi connectivity index (χ1v) is 9.97. The van der Waals surface area contributed by atoms with Crippen molar-refractivity contribution in [1.29, 1.82) is 0 Å². The molecule has 3 aromatic heterocycles. The molecule has 1 aliphatic heterocycles. The number of rotatable bonds is 5. The lowest BCUT2D eigenvalue weighted by Gasteiger charge is -2.24. The fraction of sp³-hybridized carbons (Fsp3) is 0.286. The van der Waals surface area contributed by atoms with Crippen molar-refractivity contribution >= 4 is 17.4 Å². The van der Waals surface area contributed by atoms with E-state index in [-0.39, 0.29) is 11.8 Å². The van der Waals surface area contributed by atoms with Crippen LogP contribution in [0.3, 0.4) is 0 Å². The molecule has 0 spiro atoms. The average Bonchev–Trinajstić information content (AvgIpc) is 3.37. The zero-order valence-electron chi connectivity index (χ0n) is 17.4. The summed E-state index contributed by atoms with van der Waals surface area (Å²) in [4.78, 5) is 12.6. The molecule has 31 heavy (non-hydrogen) atoms. The summed E-state index contributed by atoms with van der Waals surface area (Å²) in [6.45, 7) is 4.29. The number of carbonyl (C=O) groups is 1. The van der Waals surface area contributed by atoms with E-state index in [0.717, 1.165) is 11.1 Å². The van der Waals surface area contributed by atoms with Crippen molar-refractivity contribution in [3.05, 3.63) is 53.5 Å². The van der Waals surface area contributed by atoms with Crippen molar-refractivity contribution in [2.24, 2.45) is 0 Å². The predicted octanol–water partition coefficient (Wildman–Crippen LogP) is 2.50. The highest BCUT2D eigenvalue weighted by molar-refractivity contribution is 5.94. The van der Waals surface area contributed by atoms with Crippen LogP contribution in [-0.2, 0) is 4.79 Å². The second kappa shape index (κ2) is 7.38. The lowest BCUT2D eigenvalue weighted by molar-refractivity contribution is -0.116. The number of benzene rings is 1. The maximum absolute atomic E-state index is 12.6. The number of hydrogen-bond acceptors (Lipinski definition) is 7. The van der Waals surface area contributed by atoms with Crippen molar-refractivity contribution in [2.45, 2.75) is 26.2 Å². The van der Waals surface area contributed by atoms with E-state index in [2.05, 4.69) is 25.7 Å². The molecule has 158 valence electrons. The van der Waals surface area contributed by atoms with E-state index in [4.69, 9.17) is 9.47 Å². The first-order chi connectivity index (χ1) is 15.1. The Hall–Kier alpha value is -3.95. The van der Waals surface area contributed by atoms with Crippen molar-refractivity contribution in [3.63, 3.8) is 0 Å². The number of methoxy groups -OCH3 is 1. The van der Waals surface area contributed by atoms with Gasteiger partial charge in [0, 0.05) is 17.9 Å². The lowest BCUT2D eigenvalue weighted by Crippen LogP contribution is -2.25. The van der Waals surface area contributed by atoms with E-state index in [1.54, 1.807) is 28.6 Å². The average molecular weight is 419 g/mol. The SMILES string of the molecule is CCOc1ccc(C2CC(=O)Nc3c2cnn3-c2ccc3nnc(C)n3n2)cc1OC. The number of aromatic nitrogens is 6. The van der Waals surface area contributed by atoms with E-state index < -0.39 is 0 Å². The Kier molecular flexibility index (Phi) is 4.54. The third-order valence-corrected chi connectivity index (χ3v) is 5.33. The number of fused-ring (bicyclic) bond motifs is 2. The van der Waals surface area contributed by atoms with Gasteiger partial charge >= 0.3 is 0 Å². The Morgan fingerprint density at radius 1 is 1.19 bits per heavy atom. The number of nitrogens with one attached hydrogen (secondary N) is 1. The molecule has 4 heterocycles. The minimum Gasteiger partial charge on any atom is -0.493 e. The molecule has 0 saturated heterocycles. The summed E-state index contributed by atoms with van der Waals surface area (Å²) in [5.41, 5.74) is 2.51. The maximum Gasteiger partial charge on any atom is 0.226 e. The number of anilines is 1. The summed E-state index contributed by atoms with van der Waals surface area (Å²) in [5.74, 6) is 2.88. The van der Waals surface area contributed by atoms with Crippen LogP contribution < -0.4 is 14.8 Å². The van der Waals surface area contributed by atoms with Gasteiger partial charge in [-0.3, -0.25) is 4.79 Å². The third kappa shape index (κ3) is 3.16. The molecule has 1 amide bonds. The number of aryl methyl sites for hydroxylation is 1. The van der Waals surface area contributed by atoms with E-state index in [1.165, 1.54) is 0 Å². The molecule has 4 aromatic rings. The van der Waals surface area contributed by atoms with Crippen LogP contribution in [0.1, 0.15) is 36.2 Å². The van der Waals surface area contributed by atoms with Gasteiger partial charge in [-0.25, -0.2) is 0 Å². The zero-order valence-corrected chi connectivity index (χ0v) is 17.4. The van der Waals surface area contributed by atoms with Crippen LogP contribution in [0.2, 0.25) is 0 Å². The summed E-state index contributed by atoms with van der Waals surface area (Å²) in [7, 11) is 1.60. The van der Waals surface area contributed by atoms with Crippen LogP contribution >= 0.6 is 0 Å². The van der Waals surface area contributed by atoms with Crippen molar-refractivity contribution in [1.82, 2.24) is 29.6 Å². The second-order valence-electron chi connectivity index (χ2n) is 7.22. The molecule has 10 nitrogen and oxygen atoms in total. The molecular weight excluding hydrogens is 398 g/mol. The lowest BCUT2D eigenvalue weighted by atomic mass is 9.87. The molecule has 0 aliphatic carbocycles. The zero-order chi connectivity index (χ0) is 21.5. The second-order valence-corrected chi connectivity index (χ2v) is 7.22. The van der Waals surface area contributed by atoms with Crippen LogP contribution in [0.5, 0.6) is 11.5 Å². The van der Waals surface area contributed by atoms with Crippen LogP contribution in [0.25, 0.3) is 11.5 Å². The molecule has 1 unspecified atom stereocenters. The molecule has 10 heteroatoms. The Balaban J connectivity index is 1.58. The standard InChI is InChI=1S/C21H21N7O3/c1-4-31-16-6-5-13(9-17(16)30-3)14-10-20(29)23-21-15(14)11-22-28(21)19-8-7-18-25-24-12(2)27(18)26-19/h5-9,11,14H,4,10H2,1-3H3,(H,23,29). The molecule has 0 bridgehead atoms. The van der Waals surface area contributed by atoms with Gasteiger partial charge < -0.3 is 14.8 Å². The van der Waals surface area contributed by atoms with Gasteiger partial charge in [-0.15, -0.1) is 15.3 Å². The van der Waals surface area contributed by atoms with Gasteiger partial charge in [-0.05, 0) is 43.7 Å². The van der Waals surface area contributed by atoms with Gasteiger partial charge in [0.1, 0.15) is 5.82 Å². The Morgan fingerprint density at radius 3 is 2.87 bits per heavy atom. The maximum atomic E-state index is 12.6. The Bertz CT molecular complexity index is 1290. The van der Waals surface area contributed by atoms with Gasteiger partial charge in [-0.1, -0.05) is 6.07 Å². The molecule has 5 rings (SSSR count). The fourth-order valence-corrected chi connectivity index (χ4v) is 3.87. The monoisotopic (exact) mass is 419 g/mol. The first-order valence-electron chi connectivity index (χ1n) is 9.97. The quantitative estimate of drug-likeness (QED) is 0.529. The highest BCUT2D eigenvalue weighted by atomic mass is 16.5. The van der Waals surface area contributed by atoms with Crippen LogP contribution in [-0.4, -0.2) is 49.2 Å². The normalized spacial score (nSPS) is 15.6. The van der Waals surface area contributed by atoms with Gasteiger partial charge in [0.05, 0.1) is 19.9 Å². The van der Waals surface area contributed by atoms with Gasteiger partial charge in [0.2, 0.25) is 5.91 Å². The van der Waals surface area contributed by atoms with Crippen LogP contribution in [0.15, 0.2) is 36.5 Å². The number of ether oxygens (including phenoxy) is 2. The predicted molar refractivity (Wildman–Crippen MR) is 112 cm³/mol. The molecule has 1 atom stereocenters. The smallest absolute Gasteiger partial charge is 0.226 e. The Morgan fingerprint density at radius 2 is 2.06 bits per heavy atom. The number of nitrogens with zero attached hydrogens (tertiary/aromatic N) is 6. The van der Waals surface area contributed by atoms with Gasteiger partial charge in [0.25, 0.3) is 0 Å². The fourth-order valence-electron chi connectivity index (χ4n) is 3.87. The van der Waals surface area contributed by atoms with Crippen LogP contribution in [0, 0.1) is 6.92 Å². The summed E-state index contributed by atoms with van der Waals surface area (Å²) in [6.07, 6.45) is 2.08. The van der Waals surface area contributed by atoms with Gasteiger partial charge in [-0.2, -0.15) is 14.3 Å². The largest absolute Gasteiger partial charge is 0.493 e. The molecule has 0 saturated carbocycles. The molecule has 0 radical (unpaired) electrons. The van der Waals surface area contributed by atoms with Gasteiger partial charge in [0.15, 0.2) is 28.8 Å². The number of carbonyl (C=O) groups excluding carboxylic acids is 1. The summed E-state index contributed by atoms with van der Waals surface area (Å²) < 4.78 is 14.4. The van der Waals surface area contributed by atoms with E-state index in [0.29, 0.717) is 47.6 Å². The molecule has 1 N–H and O–H groups in total. The van der Waals surface area contributed by atoms with Crippen molar-refractivity contribution < 1.29 is 14.3 Å². The van der Waals surface area contributed by atoms with E-state index in [9.17, 15) is 4.79 Å². The molecule has 1 aliphatic rings. The van der Waals surface area contributed by atoms with Crippen LogP contribution in [0.4, 0.5) is 5.82 Å². The van der Waals surface area contributed by atoms with E-state index >= 15 is 0 Å². The Labute approximate surface area is 177 Å². The highest BCUT2D eigenvalue weighted by Gasteiger charge is 2.31. The van der Waals surface area contributed by atoms with Crippen molar-refractivity contribution in [2.75, 3.05) is 19.0 Å².